The number of carbonyl (C=O) groups excluding carboxylic acids is 1. The van der Waals surface area contributed by atoms with E-state index in [0.29, 0.717) is 31.2 Å². The van der Waals surface area contributed by atoms with E-state index >= 15 is 8.78 Å². The number of ketones is 1. The Labute approximate surface area is 225 Å². The molecule has 4 N–H and O–H groups in total. The number of aliphatic hydroxyl groups is 2. The third kappa shape index (κ3) is 4.99. The monoisotopic (exact) mass is 539 g/mol. The molecule has 9 heteroatoms. The molecule has 39 heavy (non-hydrogen) atoms. The molecule has 5 rings (SSSR count). The van der Waals surface area contributed by atoms with Crippen LogP contribution < -0.4 is 5.73 Å². The maximum absolute atomic E-state index is 15.0. The van der Waals surface area contributed by atoms with Gasteiger partial charge in [-0.1, -0.05) is 6.92 Å². The van der Waals surface area contributed by atoms with Gasteiger partial charge in [0.15, 0.2) is 5.78 Å². The van der Waals surface area contributed by atoms with E-state index in [1.165, 1.54) is 6.07 Å². The molecule has 0 unspecified atom stereocenters. The van der Waals surface area contributed by atoms with Crippen LogP contribution in [-0.2, 0) is 12.0 Å². The van der Waals surface area contributed by atoms with E-state index in [0.717, 1.165) is 30.2 Å². The number of hydrogen-bond acceptors (Lipinski definition) is 6. The molecule has 2 fully saturated rings. The minimum atomic E-state index is -1.29. The smallest absolute Gasteiger partial charge is 0.185 e. The molecule has 0 bridgehead atoms. The Morgan fingerprint density at radius 1 is 1.08 bits per heavy atom. The number of halogens is 3. The Balaban J connectivity index is 1.43. The summed E-state index contributed by atoms with van der Waals surface area (Å²) < 4.78 is 44.9. The van der Waals surface area contributed by atoms with Crippen molar-refractivity contribution in [3.63, 3.8) is 0 Å². The second-order valence-electron chi connectivity index (χ2n) is 11.3. The number of benzene rings is 1. The number of hydrogen-bond donors (Lipinski definition) is 3. The molecule has 0 saturated heterocycles. The van der Waals surface area contributed by atoms with Gasteiger partial charge in [0.05, 0.1) is 16.8 Å². The highest BCUT2D eigenvalue weighted by Crippen LogP contribution is 2.43. The second kappa shape index (κ2) is 10.1. The maximum atomic E-state index is 15.0. The number of pyridine rings is 2. The van der Waals surface area contributed by atoms with E-state index in [1.54, 1.807) is 19.3 Å². The molecule has 2 heterocycles. The van der Waals surface area contributed by atoms with Crippen LogP contribution in [0.15, 0.2) is 42.7 Å². The zero-order valence-corrected chi connectivity index (χ0v) is 21.9. The van der Waals surface area contributed by atoms with Gasteiger partial charge in [-0.3, -0.25) is 9.78 Å². The summed E-state index contributed by atoms with van der Waals surface area (Å²) in [5.41, 5.74) is 4.19. The van der Waals surface area contributed by atoms with Crippen molar-refractivity contribution in [2.75, 3.05) is 0 Å². The van der Waals surface area contributed by atoms with Gasteiger partial charge in [0, 0.05) is 24.9 Å². The summed E-state index contributed by atoms with van der Waals surface area (Å²) in [4.78, 5) is 21.5. The number of aromatic nitrogens is 2. The van der Waals surface area contributed by atoms with Gasteiger partial charge >= 0.3 is 0 Å². The van der Waals surface area contributed by atoms with Gasteiger partial charge in [-0.25, -0.2) is 18.2 Å². The lowest BCUT2D eigenvalue weighted by Gasteiger charge is -2.44. The lowest BCUT2D eigenvalue weighted by molar-refractivity contribution is -0.0464. The summed E-state index contributed by atoms with van der Waals surface area (Å²) in [5.74, 6) is -3.62. The standard InChI is InChI=1S/C30H32F3N3O3/c1-16-10-17(12-26(34)29(16,2)38)20-6-9-35-15-18(20)11-25(37)24-5-4-21(31)28(36-24)27-22(32)13-19(14-23(27)33)30(39)7-3-8-30/h4-6,9,13-17,26,38-39H,3,7-8,10-12,34H2,1-2H3/t16-,17+,26+,29+/m0/s1. The van der Waals surface area contributed by atoms with Crippen molar-refractivity contribution in [1.82, 2.24) is 9.97 Å². The lowest BCUT2D eigenvalue weighted by Crippen LogP contribution is -2.54. The Bertz CT molecular complexity index is 1390. The predicted molar refractivity (Wildman–Crippen MR) is 139 cm³/mol. The van der Waals surface area contributed by atoms with Gasteiger partial charge in [-0.2, -0.15) is 0 Å². The van der Waals surface area contributed by atoms with Gasteiger partial charge in [-0.05, 0) is 97.9 Å². The van der Waals surface area contributed by atoms with Gasteiger partial charge < -0.3 is 15.9 Å². The fourth-order valence-electron chi connectivity index (χ4n) is 5.81. The second-order valence-corrected chi connectivity index (χ2v) is 11.3. The van der Waals surface area contributed by atoms with Crippen LogP contribution in [0.1, 0.15) is 79.0 Å². The van der Waals surface area contributed by atoms with Gasteiger partial charge in [-0.15, -0.1) is 0 Å². The van der Waals surface area contributed by atoms with Crippen LogP contribution in [0, 0.1) is 23.4 Å². The number of nitrogens with two attached hydrogens (primary N) is 1. The van der Waals surface area contributed by atoms with Crippen molar-refractivity contribution in [3.8, 4) is 11.3 Å². The summed E-state index contributed by atoms with van der Waals surface area (Å²) in [6.45, 7) is 3.68. The van der Waals surface area contributed by atoms with Crippen molar-refractivity contribution >= 4 is 5.78 Å². The molecule has 6 nitrogen and oxygen atoms in total. The SMILES string of the molecule is C[C@H]1C[C@@H](c2ccncc2CC(=O)c2ccc(F)c(-c3c(F)cc(C4(O)CCC4)cc3F)n2)C[C@@H](N)[C@]1(C)O. The van der Waals surface area contributed by atoms with Gasteiger partial charge in [0.1, 0.15) is 28.8 Å². The number of nitrogens with zero attached hydrogens (tertiary/aromatic N) is 2. The molecule has 2 aliphatic carbocycles. The zero-order chi connectivity index (χ0) is 28.1. The van der Waals surface area contributed by atoms with Crippen molar-refractivity contribution in [2.24, 2.45) is 11.7 Å². The third-order valence-corrected chi connectivity index (χ3v) is 8.79. The first kappa shape index (κ1) is 27.4. The first-order chi connectivity index (χ1) is 18.4. The molecule has 2 aliphatic rings. The average molecular weight is 540 g/mol. The van der Waals surface area contributed by atoms with Gasteiger partial charge in [0.2, 0.25) is 0 Å². The van der Waals surface area contributed by atoms with Crippen molar-refractivity contribution in [2.45, 2.75) is 75.5 Å². The molecule has 2 aromatic heterocycles. The Hall–Kier alpha value is -3.14. The number of carbonyl (C=O) groups is 1. The van der Waals surface area contributed by atoms with Crippen molar-refractivity contribution in [3.05, 3.63) is 82.6 Å². The quantitative estimate of drug-likeness (QED) is 0.383. The van der Waals surface area contributed by atoms with Crippen LogP contribution in [0.4, 0.5) is 13.2 Å². The molecule has 3 aromatic rings. The van der Waals surface area contributed by atoms with E-state index in [1.807, 2.05) is 13.0 Å². The maximum Gasteiger partial charge on any atom is 0.185 e. The van der Waals surface area contributed by atoms with Crippen LogP contribution in [0.3, 0.4) is 0 Å². The van der Waals surface area contributed by atoms with Crippen LogP contribution in [-0.4, -0.2) is 37.6 Å². The Morgan fingerprint density at radius 3 is 2.38 bits per heavy atom. The summed E-state index contributed by atoms with van der Waals surface area (Å²) >= 11 is 0. The molecule has 0 radical (unpaired) electrons. The fourth-order valence-corrected chi connectivity index (χ4v) is 5.81. The zero-order valence-electron chi connectivity index (χ0n) is 21.9. The van der Waals surface area contributed by atoms with E-state index in [-0.39, 0.29) is 29.5 Å². The van der Waals surface area contributed by atoms with Crippen LogP contribution in [0.2, 0.25) is 0 Å². The minimum absolute atomic E-state index is 0.00459. The minimum Gasteiger partial charge on any atom is -0.388 e. The molecule has 0 amide bonds. The molecule has 0 aliphatic heterocycles. The lowest BCUT2D eigenvalue weighted by atomic mass is 9.67. The van der Waals surface area contributed by atoms with Crippen molar-refractivity contribution < 1.29 is 28.2 Å². The normalized spacial score (nSPS) is 26.2. The molecule has 0 spiro atoms. The first-order valence-electron chi connectivity index (χ1n) is 13.2. The number of Topliss-reactive ketones (excluding diaryl/α,β-unsaturated/α-hetero) is 1. The largest absolute Gasteiger partial charge is 0.388 e. The highest BCUT2D eigenvalue weighted by molar-refractivity contribution is 5.96. The first-order valence-corrected chi connectivity index (χ1v) is 13.2. The molecular formula is C30H32F3N3O3. The summed E-state index contributed by atoms with van der Waals surface area (Å²) in [7, 11) is 0. The Morgan fingerprint density at radius 2 is 1.77 bits per heavy atom. The van der Waals surface area contributed by atoms with Crippen molar-refractivity contribution in [1.29, 1.82) is 0 Å². The molecule has 2 saturated carbocycles. The molecular weight excluding hydrogens is 507 g/mol. The highest BCUT2D eigenvalue weighted by Gasteiger charge is 2.42. The fraction of sp³-hybridized carbons (Fsp3) is 0.433. The highest BCUT2D eigenvalue weighted by atomic mass is 19.1. The van der Waals surface area contributed by atoms with Gasteiger partial charge in [0.25, 0.3) is 0 Å². The average Bonchev–Trinajstić information content (AvgIpc) is 2.86. The molecule has 206 valence electrons. The van der Waals surface area contributed by atoms with E-state index in [2.05, 4.69) is 9.97 Å². The topological polar surface area (TPSA) is 109 Å². The molecule has 4 atom stereocenters. The molecule has 1 aromatic carbocycles. The Kier molecular flexibility index (Phi) is 7.11. The van der Waals surface area contributed by atoms with Crippen LogP contribution in [0.5, 0.6) is 0 Å². The van der Waals surface area contributed by atoms with E-state index in [4.69, 9.17) is 5.73 Å². The summed E-state index contributed by atoms with van der Waals surface area (Å²) in [5, 5.41) is 21.2. The van der Waals surface area contributed by atoms with Crippen LogP contribution in [0.25, 0.3) is 11.3 Å². The van der Waals surface area contributed by atoms with E-state index < -0.39 is 51.7 Å². The third-order valence-electron chi connectivity index (χ3n) is 8.79. The summed E-state index contributed by atoms with van der Waals surface area (Å²) in [6.07, 6.45) is 5.86. The van der Waals surface area contributed by atoms with Crippen LogP contribution >= 0.6 is 0 Å². The number of rotatable bonds is 6. The predicted octanol–water partition coefficient (Wildman–Crippen LogP) is 4.95. The summed E-state index contributed by atoms with van der Waals surface area (Å²) in [6, 6.07) is 5.55. The van der Waals surface area contributed by atoms with E-state index in [9.17, 15) is 19.4 Å².